The number of esters is 1. The molecule has 0 bridgehead atoms. The van der Waals surface area contributed by atoms with E-state index in [0.717, 1.165) is 30.4 Å². The topological polar surface area (TPSA) is 149 Å². The lowest BCUT2D eigenvalue weighted by molar-refractivity contribution is -0.150. The van der Waals surface area contributed by atoms with Gasteiger partial charge in [-0.3, -0.25) is 14.4 Å². The third-order valence-corrected chi connectivity index (χ3v) is 10.9. The maximum Gasteiger partial charge on any atom is 0.408 e. The monoisotopic (exact) mass is 735 g/mol. The Morgan fingerprint density at radius 3 is 2.51 bits per heavy atom. The molecule has 0 aromatic carbocycles. The third kappa shape index (κ3) is 7.96. The van der Waals surface area contributed by atoms with Gasteiger partial charge in [-0.1, -0.05) is 25.0 Å². The predicted octanol–water partition coefficient (Wildman–Crippen LogP) is 5.69. The van der Waals surface area contributed by atoms with Gasteiger partial charge in [-0.05, 0) is 98.2 Å². The highest BCUT2D eigenvalue weighted by atomic mass is 32.1. The molecule has 1 aliphatic carbocycles. The quantitative estimate of drug-likeness (QED) is 0.242. The summed E-state index contributed by atoms with van der Waals surface area (Å²) in [7, 11) is 0. The van der Waals surface area contributed by atoms with E-state index in [9.17, 15) is 24.0 Å². The number of nitrogens with zero attached hydrogens (tertiary/aromatic N) is 3. The highest BCUT2D eigenvalue weighted by molar-refractivity contribution is 7.08. The summed E-state index contributed by atoms with van der Waals surface area (Å²) in [6, 6.07) is 1.13. The van der Waals surface area contributed by atoms with Gasteiger partial charge < -0.3 is 25.0 Å². The molecule has 3 amide bonds. The first-order valence-electron chi connectivity index (χ1n) is 17.5. The Morgan fingerprint density at radius 1 is 1.08 bits per heavy atom. The molecule has 3 aliphatic rings. The molecule has 6 rings (SSSR count). The summed E-state index contributed by atoms with van der Waals surface area (Å²) < 4.78 is 12.3. The van der Waals surface area contributed by atoms with Gasteiger partial charge in [0.25, 0.3) is 5.56 Å². The van der Waals surface area contributed by atoms with Gasteiger partial charge in [0, 0.05) is 24.4 Å². The summed E-state index contributed by atoms with van der Waals surface area (Å²) in [5.74, 6) is -1.75. The lowest BCUT2D eigenvalue weighted by atomic mass is 10.0. The van der Waals surface area contributed by atoms with Gasteiger partial charge in [0.15, 0.2) is 0 Å². The van der Waals surface area contributed by atoms with E-state index in [0.29, 0.717) is 30.4 Å². The molecule has 272 valence electrons. The molecule has 1 saturated carbocycles. The van der Waals surface area contributed by atoms with E-state index in [1.165, 1.54) is 32.3 Å². The van der Waals surface area contributed by atoms with E-state index in [1.54, 1.807) is 33.9 Å². The lowest BCUT2D eigenvalue weighted by Gasteiger charge is -2.30. The Bertz CT molecular complexity index is 1830. The first-order valence-corrected chi connectivity index (χ1v) is 19.4. The number of alkyl carbamates (subject to hydrolysis) is 1. The molecule has 12 nitrogen and oxygen atoms in total. The first-order chi connectivity index (χ1) is 24.4. The van der Waals surface area contributed by atoms with E-state index in [2.05, 4.69) is 15.7 Å². The third-order valence-electron chi connectivity index (χ3n) is 9.58. The fraction of sp³-hybridized carbons (Fsp3) is 0.514. The smallest absolute Gasteiger partial charge is 0.408 e. The Morgan fingerprint density at radius 2 is 1.82 bits per heavy atom. The van der Waals surface area contributed by atoms with Crippen LogP contribution in [0.2, 0.25) is 0 Å². The molecule has 14 heteroatoms. The van der Waals surface area contributed by atoms with Crippen LogP contribution in [0.5, 0.6) is 0 Å². The number of allylic oxidation sites excluding steroid dienone is 1. The maximum atomic E-state index is 14.5. The minimum Gasteiger partial charge on any atom is -0.464 e. The molecule has 3 aromatic rings. The lowest BCUT2D eigenvalue weighted by Crippen LogP contribution is -2.56. The first kappa shape index (κ1) is 36.5. The zero-order valence-corrected chi connectivity index (χ0v) is 31.0. The largest absolute Gasteiger partial charge is 0.464 e. The zero-order chi connectivity index (χ0) is 36.3. The number of rotatable bonds is 6. The van der Waals surface area contributed by atoms with E-state index >= 15 is 0 Å². The van der Waals surface area contributed by atoms with Crippen LogP contribution in [-0.2, 0) is 23.9 Å². The van der Waals surface area contributed by atoms with Gasteiger partial charge >= 0.3 is 12.1 Å². The summed E-state index contributed by atoms with van der Waals surface area (Å²) >= 11 is 3.00. The van der Waals surface area contributed by atoms with Crippen LogP contribution < -0.4 is 16.2 Å². The number of ether oxygens (including phenoxy) is 2. The van der Waals surface area contributed by atoms with Crippen LogP contribution in [0.3, 0.4) is 0 Å². The number of hydrogen-bond donors (Lipinski definition) is 2. The maximum absolute atomic E-state index is 14.5. The number of amides is 3. The van der Waals surface area contributed by atoms with Gasteiger partial charge in [-0.15, -0.1) is 0 Å². The van der Waals surface area contributed by atoms with Crippen molar-refractivity contribution in [2.24, 2.45) is 5.92 Å². The average Bonchev–Trinajstić information content (AvgIpc) is 3.60. The van der Waals surface area contributed by atoms with E-state index < -0.39 is 53.1 Å². The molecule has 0 unspecified atom stereocenters. The summed E-state index contributed by atoms with van der Waals surface area (Å²) in [6.07, 6.45) is 8.81. The van der Waals surface area contributed by atoms with Gasteiger partial charge in [0.1, 0.15) is 23.2 Å². The Labute approximate surface area is 305 Å². The van der Waals surface area contributed by atoms with Gasteiger partial charge in [-0.2, -0.15) is 27.8 Å². The normalized spacial score (nSPS) is 25.5. The molecule has 0 radical (unpaired) electrons. The van der Waals surface area contributed by atoms with Crippen molar-refractivity contribution in [3.63, 3.8) is 0 Å². The SMILES string of the molecule is CCOC(=O)[C@@]12C[C@H]1C=CCCCCC[C@H](NC(=O)OC(C)(C)C)C(=O)N1C[C@H](n3ncc(-c4ccsc4)c(-c4ccsc4)c3=O)C[C@H]1C(=O)N2. The summed E-state index contributed by atoms with van der Waals surface area (Å²) in [5, 5.41) is 18.1. The number of nitrogens with one attached hydrogen (secondary N) is 2. The molecule has 2 aliphatic heterocycles. The van der Waals surface area contributed by atoms with Gasteiger partial charge in [0.2, 0.25) is 11.8 Å². The molecule has 0 spiro atoms. The molecule has 2 N–H and O–H groups in total. The highest BCUT2D eigenvalue weighted by Gasteiger charge is 2.62. The highest BCUT2D eigenvalue weighted by Crippen LogP contribution is 2.46. The fourth-order valence-corrected chi connectivity index (χ4v) is 8.30. The number of thiophene rings is 2. The molecule has 51 heavy (non-hydrogen) atoms. The Kier molecular flexibility index (Phi) is 10.8. The Hall–Kier alpha value is -4.30. The van der Waals surface area contributed by atoms with Gasteiger partial charge in [0.05, 0.1) is 24.4 Å². The number of fused-ring (bicyclic) bond motifs is 2. The van der Waals surface area contributed by atoms with Crippen molar-refractivity contribution in [2.75, 3.05) is 13.2 Å². The second-order valence-electron chi connectivity index (χ2n) is 14.4. The van der Waals surface area contributed by atoms with Crippen LogP contribution in [0.1, 0.15) is 78.7 Å². The van der Waals surface area contributed by atoms with Crippen molar-refractivity contribution in [2.45, 2.75) is 102 Å². The van der Waals surface area contributed by atoms with Crippen LogP contribution in [-0.4, -0.2) is 74.9 Å². The molecule has 1 saturated heterocycles. The predicted molar refractivity (Wildman–Crippen MR) is 195 cm³/mol. The molecule has 3 aromatic heterocycles. The van der Waals surface area contributed by atoms with E-state index in [-0.39, 0.29) is 31.0 Å². The summed E-state index contributed by atoms with van der Waals surface area (Å²) in [5.41, 5.74) is 0.455. The van der Waals surface area contributed by atoms with Gasteiger partial charge in [-0.25, -0.2) is 14.3 Å². The van der Waals surface area contributed by atoms with Crippen molar-refractivity contribution < 1.29 is 28.7 Å². The Balaban J connectivity index is 1.38. The molecule has 5 atom stereocenters. The fourth-order valence-electron chi connectivity index (χ4n) is 7.00. The van der Waals surface area contributed by atoms with Crippen LogP contribution in [0.25, 0.3) is 22.3 Å². The van der Waals surface area contributed by atoms with Crippen LogP contribution in [0, 0.1) is 5.92 Å². The standard InChI is InChI=1S/C37H45N5O7S2/c1-5-48-34(46)37-18-25(37)11-9-7-6-8-10-12-28(39-35(47)49-36(2,3)4)32(44)41-20-26(17-29(41)31(43)40-37)42-33(45)30(24-14-16-51-22-24)27(19-38-42)23-13-15-50-21-23/h9,11,13-16,19,21-22,25-26,28-29H,5-8,10,12,17-18,20H2,1-4H3,(H,39,47)(H,40,43)/t25-,26-,28+,29+,37-/m1/s1. The molecule has 2 fully saturated rings. The second kappa shape index (κ2) is 15.1. The minimum atomic E-state index is -1.24. The van der Waals surface area contributed by atoms with E-state index in [1.807, 2.05) is 45.8 Å². The summed E-state index contributed by atoms with van der Waals surface area (Å²) in [6.45, 7) is 7.10. The van der Waals surface area contributed by atoms with Crippen LogP contribution in [0.4, 0.5) is 4.79 Å². The average molecular weight is 736 g/mol. The minimum absolute atomic E-state index is 0.00701. The van der Waals surface area contributed by atoms with Crippen molar-refractivity contribution in [3.8, 4) is 22.3 Å². The summed E-state index contributed by atoms with van der Waals surface area (Å²) in [4.78, 5) is 70.9. The van der Waals surface area contributed by atoms with Crippen molar-refractivity contribution in [3.05, 3.63) is 62.4 Å². The number of hydrogen-bond acceptors (Lipinski definition) is 10. The molecular weight excluding hydrogens is 691 g/mol. The van der Waals surface area contributed by atoms with Crippen LogP contribution >= 0.6 is 22.7 Å². The van der Waals surface area contributed by atoms with Crippen molar-refractivity contribution in [1.29, 1.82) is 0 Å². The van der Waals surface area contributed by atoms with Crippen molar-refractivity contribution >= 4 is 46.6 Å². The van der Waals surface area contributed by atoms with Crippen LogP contribution in [0.15, 0.2) is 56.8 Å². The van der Waals surface area contributed by atoms with Crippen molar-refractivity contribution in [1.82, 2.24) is 25.3 Å². The number of aromatic nitrogens is 2. The number of carbonyl (C=O) groups excluding carboxylic acids is 4. The molecule has 5 heterocycles. The zero-order valence-electron chi connectivity index (χ0n) is 29.4. The number of carbonyl (C=O) groups is 4. The van der Waals surface area contributed by atoms with E-state index in [4.69, 9.17) is 9.47 Å². The second-order valence-corrected chi connectivity index (χ2v) is 15.9. The molecular formula is C37H45N5O7S2.